The number of benzene rings is 1. The van der Waals surface area contributed by atoms with Gasteiger partial charge in [-0.1, -0.05) is 6.08 Å². The molecule has 128 valence electrons. The quantitative estimate of drug-likeness (QED) is 0.610. The monoisotopic (exact) mass is 334 g/mol. The number of carbonyl (C=O) groups is 1. The second kappa shape index (κ2) is 5.29. The van der Waals surface area contributed by atoms with Crippen molar-refractivity contribution < 1.29 is 18.8 Å². The molecule has 0 N–H and O–H groups in total. The molecule has 1 heterocycles. The van der Waals surface area contributed by atoms with E-state index in [9.17, 15) is 19.3 Å². The molecule has 1 aliphatic heterocycles. The van der Waals surface area contributed by atoms with Crippen molar-refractivity contribution in [2.24, 2.45) is 5.41 Å². The third-order valence-electron chi connectivity index (χ3n) is 4.20. The summed E-state index contributed by atoms with van der Waals surface area (Å²) in [6, 6.07) is 3.68. The smallest absolute Gasteiger partial charge is 0.410 e. The highest BCUT2D eigenvalue weighted by Crippen LogP contribution is 2.50. The Hall–Kier alpha value is -2.44. The summed E-state index contributed by atoms with van der Waals surface area (Å²) in [6.45, 7) is 6.57. The van der Waals surface area contributed by atoms with Crippen LogP contribution in [0, 0.1) is 21.3 Å². The Balaban J connectivity index is 1.64. The van der Waals surface area contributed by atoms with Crippen molar-refractivity contribution in [3.8, 4) is 0 Å². The minimum Gasteiger partial charge on any atom is -0.444 e. The topological polar surface area (TPSA) is 72.7 Å². The van der Waals surface area contributed by atoms with Crippen molar-refractivity contribution in [3.63, 3.8) is 0 Å². The Labute approximate surface area is 139 Å². The molecule has 1 amide bonds. The van der Waals surface area contributed by atoms with Crippen LogP contribution in [0.5, 0.6) is 0 Å². The van der Waals surface area contributed by atoms with Gasteiger partial charge in [-0.25, -0.2) is 9.18 Å². The number of rotatable bonds is 2. The van der Waals surface area contributed by atoms with E-state index in [0.717, 1.165) is 11.6 Å². The van der Waals surface area contributed by atoms with Gasteiger partial charge in [0.25, 0.3) is 5.69 Å². The van der Waals surface area contributed by atoms with E-state index in [1.54, 1.807) is 4.90 Å². The molecule has 2 aliphatic rings. The average molecular weight is 334 g/mol. The Morgan fingerprint density at radius 1 is 1.38 bits per heavy atom. The fourth-order valence-electron chi connectivity index (χ4n) is 3.14. The molecule has 24 heavy (non-hydrogen) atoms. The van der Waals surface area contributed by atoms with Gasteiger partial charge in [0.05, 0.1) is 11.0 Å². The van der Waals surface area contributed by atoms with Crippen LogP contribution in [0.4, 0.5) is 14.9 Å². The summed E-state index contributed by atoms with van der Waals surface area (Å²) in [5, 5.41) is 10.7. The first-order valence-electron chi connectivity index (χ1n) is 7.73. The third kappa shape index (κ3) is 2.98. The predicted octanol–water partition coefficient (Wildman–Crippen LogP) is 3.76. The molecule has 1 spiro atoms. The number of halogens is 1. The van der Waals surface area contributed by atoms with Crippen LogP contribution in [0.15, 0.2) is 24.3 Å². The molecule has 1 aromatic carbocycles. The van der Waals surface area contributed by atoms with Crippen LogP contribution in [-0.4, -0.2) is 34.6 Å². The van der Waals surface area contributed by atoms with Gasteiger partial charge < -0.3 is 9.64 Å². The first-order valence-corrected chi connectivity index (χ1v) is 7.73. The van der Waals surface area contributed by atoms with Gasteiger partial charge in [0.2, 0.25) is 0 Å². The summed E-state index contributed by atoms with van der Waals surface area (Å²) < 4.78 is 19.3. The maximum absolute atomic E-state index is 14.0. The van der Waals surface area contributed by atoms with E-state index in [-0.39, 0.29) is 17.2 Å². The minimum atomic E-state index is -0.617. The lowest BCUT2D eigenvalue weighted by Crippen LogP contribution is -2.60. The molecule has 7 heteroatoms. The number of hydrogen-bond acceptors (Lipinski definition) is 4. The van der Waals surface area contributed by atoms with E-state index >= 15 is 0 Å². The normalized spacial score (nSPS) is 18.5. The van der Waals surface area contributed by atoms with Gasteiger partial charge in [0, 0.05) is 30.1 Å². The zero-order valence-electron chi connectivity index (χ0n) is 13.8. The highest BCUT2D eigenvalue weighted by atomic mass is 19.1. The summed E-state index contributed by atoms with van der Waals surface area (Å²) in [4.78, 5) is 23.6. The molecule has 3 rings (SSSR count). The Morgan fingerprint density at radius 3 is 2.50 bits per heavy atom. The fraction of sp³-hybridized carbons (Fsp3) is 0.471. The molecule has 0 radical (unpaired) electrons. The Bertz CT molecular complexity index is 745. The molecule has 1 aromatic rings. The minimum absolute atomic E-state index is 0.111. The summed E-state index contributed by atoms with van der Waals surface area (Å²) in [6.07, 6.45) is 2.27. The van der Waals surface area contributed by atoms with Crippen LogP contribution < -0.4 is 0 Å². The molecule has 0 bridgehead atoms. The van der Waals surface area contributed by atoms with Crippen LogP contribution >= 0.6 is 0 Å². The largest absolute Gasteiger partial charge is 0.444 e. The van der Waals surface area contributed by atoms with Crippen molar-refractivity contribution >= 4 is 17.4 Å². The van der Waals surface area contributed by atoms with Crippen LogP contribution in [0.3, 0.4) is 0 Å². The highest BCUT2D eigenvalue weighted by molar-refractivity contribution is 5.77. The number of likely N-dealkylation sites (tertiary alicyclic amines) is 1. The lowest BCUT2D eigenvalue weighted by Gasteiger charge is -2.53. The first-order chi connectivity index (χ1) is 11.1. The molecule has 1 fully saturated rings. The molecular formula is C17H19FN2O4. The number of allylic oxidation sites excluding steroid dienone is 1. The molecule has 0 saturated carbocycles. The van der Waals surface area contributed by atoms with E-state index in [0.29, 0.717) is 25.1 Å². The van der Waals surface area contributed by atoms with E-state index in [1.165, 1.54) is 12.1 Å². The maximum Gasteiger partial charge on any atom is 0.410 e. The molecule has 1 saturated heterocycles. The fourth-order valence-corrected chi connectivity index (χ4v) is 3.14. The van der Waals surface area contributed by atoms with Gasteiger partial charge in [0.15, 0.2) is 0 Å². The van der Waals surface area contributed by atoms with Crippen LogP contribution in [-0.2, 0) is 4.74 Å². The van der Waals surface area contributed by atoms with Crippen LogP contribution in [0.1, 0.15) is 32.8 Å². The summed E-state index contributed by atoms with van der Waals surface area (Å²) in [5.41, 5.74) is 0.321. The second-order valence-electron chi connectivity index (χ2n) is 7.47. The van der Waals surface area contributed by atoms with Crippen molar-refractivity contribution in [1.82, 2.24) is 4.90 Å². The summed E-state index contributed by atoms with van der Waals surface area (Å²) in [7, 11) is 0. The molecule has 0 atom stereocenters. The number of nitro benzene ring substituents is 1. The number of carbonyl (C=O) groups excluding carboxylic acids is 1. The third-order valence-corrected chi connectivity index (χ3v) is 4.20. The molecule has 6 nitrogen and oxygen atoms in total. The van der Waals surface area contributed by atoms with E-state index in [1.807, 2.05) is 26.8 Å². The SMILES string of the molecule is CC(C)(C)OC(=O)N1CC2(C=C(c3ccc([N+](=O)[O-])cc3F)C2)C1. The summed E-state index contributed by atoms with van der Waals surface area (Å²) >= 11 is 0. The zero-order valence-corrected chi connectivity index (χ0v) is 13.8. The van der Waals surface area contributed by atoms with Gasteiger partial charge in [-0.3, -0.25) is 10.1 Å². The lowest BCUT2D eigenvalue weighted by atomic mass is 9.64. The first kappa shape index (κ1) is 16.4. The van der Waals surface area contributed by atoms with Crippen molar-refractivity contribution in [2.75, 3.05) is 13.1 Å². The predicted molar refractivity (Wildman–Crippen MR) is 85.9 cm³/mol. The van der Waals surface area contributed by atoms with Crippen molar-refractivity contribution in [1.29, 1.82) is 0 Å². The van der Waals surface area contributed by atoms with Gasteiger partial charge in [-0.2, -0.15) is 0 Å². The number of nitrogens with zero attached hydrogens (tertiary/aromatic N) is 2. The van der Waals surface area contributed by atoms with Crippen LogP contribution in [0.2, 0.25) is 0 Å². The van der Waals surface area contributed by atoms with Crippen LogP contribution in [0.25, 0.3) is 5.57 Å². The van der Waals surface area contributed by atoms with Gasteiger partial charge in [-0.05, 0) is 38.8 Å². The van der Waals surface area contributed by atoms with E-state index in [4.69, 9.17) is 4.74 Å². The van der Waals surface area contributed by atoms with Gasteiger partial charge in [0.1, 0.15) is 11.4 Å². The molecule has 0 aromatic heterocycles. The van der Waals surface area contributed by atoms with Crippen molar-refractivity contribution in [2.45, 2.75) is 32.8 Å². The number of nitro groups is 1. The standard InChI is InChI=1S/C17H19FN2O4/c1-16(2,3)24-15(21)19-9-17(10-19)7-11(8-17)13-5-4-12(20(22)23)6-14(13)18/h4-7H,8-10H2,1-3H3. The number of ether oxygens (including phenoxy) is 1. The average Bonchev–Trinajstić information content (AvgIpc) is 2.34. The molecular weight excluding hydrogens is 315 g/mol. The van der Waals surface area contributed by atoms with Crippen molar-refractivity contribution in [3.05, 3.63) is 45.8 Å². The number of non-ortho nitro benzene ring substituents is 1. The van der Waals surface area contributed by atoms with E-state index < -0.39 is 16.3 Å². The number of hydrogen-bond donors (Lipinski definition) is 0. The molecule has 1 aliphatic carbocycles. The van der Waals surface area contributed by atoms with Gasteiger partial charge >= 0.3 is 6.09 Å². The lowest BCUT2D eigenvalue weighted by molar-refractivity contribution is -0.385. The summed E-state index contributed by atoms with van der Waals surface area (Å²) in [5.74, 6) is -0.589. The Kier molecular flexibility index (Phi) is 3.62. The molecule has 0 unspecified atom stereocenters. The second-order valence-corrected chi connectivity index (χ2v) is 7.47. The highest BCUT2D eigenvalue weighted by Gasteiger charge is 2.50. The Morgan fingerprint density at radius 2 is 2.00 bits per heavy atom. The maximum atomic E-state index is 14.0. The number of amides is 1. The van der Waals surface area contributed by atoms with E-state index in [2.05, 4.69) is 0 Å². The van der Waals surface area contributed by atoms with Gasteiger partial charge in [-0.15, -0.1) is 0 Å². The zero-order chi connectivity index (χ0) is 17.7.